The predicted molar refractivity (Wildman–Crippen MR) is 234 cm³/mol. The minimum atomic E-state index is -1.02. The van der Waals surface area contributed by atoms with Gasteiger partial charge in [-0.05, 0) is 52.1 Å². The Morgan fingerprint density at radius 1 is 0.542 bits per heavy atom. The summed E-state index contributed by atoms with van der Waals surface area (Å²) in [5.41, 5.74) is 6.49. The van der Waals surface area contributed by atoms with Crippen LogP contribution in [0.15, 0.2) is 180 Å². The van der Waals surface area contributed by atoms with Gasteiger partial charge in [-0.15, -0.1) is 11.3 Å². The zero-order valence-electron chi connectivity index (χ0n) is 32.1. The maximum atomic E-state index is 12.6. The number of hydrogen-bond donors (Lipinski definition) is 1. The second kappa shape index (κ2) is 18.1. The van der Waals surface area contributed by atoms with Crippen molar-refractivity contribution < 1.29 is 28.8 Å². The van der Waals surface area contributed by atoms with Crippen molar-refractivity contribution in [1.29, 1.82) is 0 Å². The molecule has 1 aromatic heterocycles. The summed E-state index contributed by atoms with van der Waals surface area (Å²) in [6, 6.07) is 57.8. The van der Waals surface area contributed by atoms with E-state index in [2.05, 4.69) is 6.07 Å². The minimum Gasteiger partial charge on any atom is -0.489 e. The predicted octanol–water partition coefficient (Wildman–Crippen LogP) is 11.9. The molecule has 7 nitrogen and oxygen atoms in total. The molecule has 9 heteroatoms. The van der Waals surface area contributed by atoms with E-state index in [9.17, 15) is 5.11 Å². The van der Waals surface area contributed by atoms with Crippen molar-refractivity contribution in [2.24, 2.45) is 0 Å². The van der Waals surface area contributed by atoms with Crippen molar-refractivity contribution in [3.05, 3.63) is 209 Å². The molecule has 0 spiro atoms. The number of thioether (sulfide) groups is 1. The summed E-state index contributed by atoms with van der Waals surface area (Å²) in [5.74, 6) is 2.86. The number of aromatic nitrogens is 1. The first-order valence-electron chi connectivity index (χ1n) is 19.5. The van der Waals surface area contributed by atoms with Crippen molar-refractivity contribution in [2.45, 2.75) is 48.2 Å². The smallest absolute Gasteiger partial charge is 0.162 e. The summed E-state index contributed by atoms with van der Waals surface area (Å²) in [4.78, 5) is 4.97. The van der Waals surface area contributed by atoms with Crippen LogP contribution in [0, 0.1) is 0 Å². The number of nitrogens with zero attached hydrogens (tertiary/aromatic N) is 1. The number of aliphatic hydroxyl groups excluding tert-OH is 1. The molecule has 59 heavy (non-hydrogen) atoms. The molecule has 9 rings (SSSR count). The van der Waals surface area contributed by atoms with Crippen LogP contribution < -0.4 is 23.7 Å². The number of rotatable bonds is 15. The van der Waals surface area contributed by atoms with Crippen molar-refractivity contribution in [2.75, 3.05) is 0 Å². The van der Waals surface area contributed by atoms with E-state index in [4.69, 9.17) is 28.7 Å². The highest BCUT2D eigenvalue weighted by Crippen LogP contribution is 2.55. The summed E-state index contributed by atoms with van der Waals surface area (Å²) in [6.07, 6.45) is -1.81. The Morgan fingerprint density at radius 2 is 1.07 bits per heavy atom. The molecule has 0 aliphatic carbocycles. The molecule has 294 valence electrons. The number of thiazole rings is 1. The highest BCUT2D eigenvalue weighted by atomic mass is 32.2. The fourth-order valence-electron chi connectivity index (χ4n) is 6.98. The van der Waals surface area contributed by atoms with E-state index in [0.29, 0.717) is 55.2 Å². The molecule has 3 atom stereocenters. The lowest BCUT2D eigenvalue weighted by molar-refractivity contribution is 0.0170. The third-order valence-corrected chi connectivity index (χ3v) is 12.4. The van der Waals surface area contributed by atoms with Crippen molar-refractivity contribution in [3.8, 4) is 28.7 Å². The van der Waals surface area contributed by atoms with Gasteiger partial charge >= 0.3 is 0 Å². The minimum absolute atomic E-state index is 0.319. The second-order valence-electron chi connectivity index (χ2n) is 14.2. The van der Waals surface area contributed by atoms with Gasteiger partial charge in [0.2, 0.25) is 0 Å². The SMILES string of the molecule is OC1C(c2ccc(OCc3ccccc3)c(OCc3ccccc3)c2)Oc2cc(OCc3ccccc3)cc(OCc3ccccc3)c2C1Sc1nc2ccccc2s1. The van der Waals surface area contributed by atoms with Gasteiger partial charge in [-0.25, -0.2) is 4.98 Å². The van der Waals surface area contributed by atoms with Crippen LogP contribution in [0.4, 0.5) is 0 Å². The Morgan fingerprint density at radius 3 is 1.66 bits per heavy atom. The van der Waals surface area contributed by atoms with E-state index >= 15 is 0 Å². The number of ether oxygens (including phenoxy) is 5. The second-order valence-corrected chi connectivity index (χ2v) is 16.6. The molecule has 2 heterocycles. The standard InChI is InChI=1S/C50H41NO6S2/c52-47-48(38-25-26-41(54-31-35-17-7-2-8-18-35)42(27-38)55-32-36-19-9-3-10-20-36)57-44-29-39(53-30-34-15-5-1-6-16-34)28-43(56-33-37-21-11-4-12-22-37)46(44)49(47)59-50-51-40-23-13-14-24-45(40)58-50/h1-29,47-49,52H,30-33H2. The molecule has 1 N–H and O–H groups in total. The fourth-order valence-corrected chi connectivity index (χ4v) is 9.45. The first kappa shape index (κ1) is 38.3. The monoisotopic (exact) mass is 815 g/mol. The van der Waals surface area contributed by atoms with Crippen LogP contribution in [-0.2, 0) is 26.4 Å². The lowest BCUT2D eigenvalue weighted by atomic mass is 9.93. The number of para-hydroxylation sites is 1. The van der Waals surface area contributed by atoms with Crippen LogP contribution in [0.3, 0.4) is 0 Å². The molecule has 0 saturated carbocycles. The average molecular weight is 816 g/mol. The van der Waals surface area contributed by atoms with Gasteiger partial charge in [0.05, 0.1) is 21.0 Å². The summed E-state index contributed by atoms with van der Waals surface area (Å²) < 4.78 is 34.7. The van der Waals surface area contributed by atoms with E-state index in [-0.39, 0.29) is 0 Å². The van der Waals surface area contributed by atoms with E-state index in [0.717, 1.165) is 47.9 Å². The summed E-state index contributed by atoms with van der Waals surface area (Å²) in [5, 5.41) is 12.1. The van der Waals surface area contributed by atoms with E-state index in [1.54, 1.807) is 11.3 Å². The first-order valence-corrected chi connectivity index (χ1v) is 21.2. The van der Waals surface area contributed by atoms with Gasteiger partial charge in [0.25, 0.3) is 0 Å². The van der Waals surface area contributed by atoms with Gasteiger partial charge in [-0.3, -0.25) is 0 Å². The highest BCUT2D eigenvalue weighted by molar-refractivity contribution is 8.01. The zero-order chi connectivity index (χ0) is 39.8. The zero-order valence-corrected chi connectivity index (χ0v) is 33.7. The lowest BCUT2D eigenvalue weighted by Crippen LogP contribution is -2.33. The molecule has 0 bridgehead atoms. The Labute approximate surface area is 351 Å². The van der Waals surface area contributed by atoms with E-state index in [1.165, 1.54) is 11.8 Å². The molecule has 3 unspecified atom stereocenters. The molecule has 1 aliphatic rings. The van der Waals surface area contributed by atoms with Gasteiger partial charge < -0.3 is 28.8 Å². The summed E-state index contributed by atoms with van der Waals surface area (Å²) >= 11 is 3.11. The fraction of sp³-hybridized carbons (Fsp3) is 0.140. The topological polar surface area (TPSA) is 79.3 Å². The molecule has 0 fully saturated rings. The summed E-state index contributed by atoms with van der Waals surface area (Å²) in [6.45, 7) is 1.39. The van der Waals surface area contributed by atoms with Crippen LogP contribution in [0.5, 0.6) is 28.7 Å². The quantitative estimate of drug-likeness (QED) is 0.110. The number of benzene rings is 7. The van der Waals surface area contributed by atoms with Crippen LogP contribution >= 0.6 is 23.1 Å². The lowest BCUT2D eigenvalue weighted by Gasteiger charge is -2.37. The number of fused-ring (bicyclic) bond motifs is 2. The normalized spacial score (nSPS) is 15.8. The Kier molecular flexibility index (Phi) is 11.8. The summed E-state index contributed by atoms with van der Waals surface area (Å²) in [7, 11) is 0. The molecule has 0 amide bonds. The Bertz CT molecular complexity index is 2570. The van der Waals surface area contributed by atoms with E-state index < -0.39 is 17.5 Å². The average Bonchev–Trinajstić information content (AvgIpc) is 3.71. The molecule has 7 aromatic carbocycles. The van der Waals surface area contributed by atoms with Gasteiger partial charge in [-0.2, -0.15) is 0 Å². The maximum Gasteiger partial charge on any atom is 0.162 e. The molecular formula is C50H41NO6S2. The number of aliphatic hydroxyl groups is 1. The van der Waals surface area contributed by atoms with Crippen molar-refractivity contribution in [1.82, 2.24) is 4.98 Å². The van der Waals surface area contributed by atoms with Gasteiger partial charge in [-0.1, -0.05) is 151 Å². The van der Waals surface area contributed by atoms with Crippen LogP contribution in [-0.4, -0.2) is 16.2 Å². The largest absolute Gasteiger partial charge is 0.489 e. The van der Waals surface area contributed by atoms with Crippen LogP contribution in [0.2, 0.25) is 0 Å². The number of hydrogen-bond acceptors (Lipinski definition) is 9. The Hall–Kier alpha value is -6.26. The molecule has 0 saturated heterocycles. The van der Waals surface area contributed by atoms with Gasteiger partial charge in [0.15, 0.2) is 21.9 Å². The van der Waals surface area contributed by atoms with E-state index in [1.807, 2.05) is 170 Å². The van der Waals surface area contributed by atoms with Crippen molar-refractivity contribution in [3.63, 3.8) is 0 Å². The third kappa shape index (κ3) is 9.23. The maximum absolute atomic E-state index is 12.6. The molecule has 1 aliphatic heterocycles. The third-order valence-electron chi connectivity index (χ3n) is 9.99. The van der Waals surface area contributed by atoms with Crippen LogP contribution in [0.25, 0.3) is 10.2 Å². The Balaban J connectivity index is 1.10. The van der Waals surface area contributed by atoms with Gasteiger partial charge in [0.1, 0.15) is 49.8 Å². The first-order chi connectivity index (χ1) is 29.1. The highest BCUT2D eigenvalue weighted by Gasteiger charge is 2.42. The van der Waals surface area contributed by atoms with Crippen molar-refractivity contribution >= 4 is 33.3 Å². The molecular weight excluding hydrogens is 775 g/mol. The van der Waals surface area contributed by atoms with Gasteiger partial charge in [0, 0.05) is 12.1 Å². The van der Waals surface area contributed by atoms with Crippen LogP contribution in [0.1, 0.15) is 44.7 Å². The molecule has 0 radical (unpaired) electrons. The molecule has 8 aromatic rings.